The Kier molecular flexibility index (Phi) is 26.5. The molecule has 0 spiro atoms. The summed E-state index contributed by atoms with van der Waals surface area (Å²) in [4.78, 5) is 120. The number of carboxylic acids is 1. The first kappa shape index (κ1) is 85.6. The fourth-order valence-electron chi connectivity index (χ4n) is 14.8. The molecule has 0 radical (unpaired) electrons. The molecule has 5 aromatic rings. The van der Waals surface area contributed by atoms with Gasteiger partial charge in [0.15, 0.2) is 36.2 Å². The molecule has 8 aliphatic rings. The van der Waals surface area contributed by atoms with E-state index in [2.05, 4.69) is 31.9 Å². The van der Waals surface area contributed by atoms with Crippen molar-refractivity contribution < 1.29 is 127 Å². The summed E-state index contributed by atoms with van der Waals surface area (Å²) in [6.45, 7) is 14.5. The van der Waals surface area contributed by atoms with E-state index in [9.17, 15) is 65.4 Å². The van der Waals surface area contributed by atoms with Gasteiger partial charge in [0.25, 0.3) is 0 Å². The predicted octanol–water partition coefficient (Wildman–Crippen LogP) is 4.43. The SMILES string of the molecule is CC[C@H](CC(C)C)C(=O)N[C@H]1C(=O)N[C@@H](CC(N)=O)C(=O)N[C@H]2C(=O)N[C@H]3C(=O)N[C@H](C(=O)N[C@H](C(=O)O)c4cc(O)cc(O)c4-c4cc3ccc4O)[C@H](O[C@H]3CC(C)(C)[C@@H](O)[C@H](C)O3)c3ccc(c(Cl)c3)Oc3cc2cc(c3O[C@@H]2O[C@H](CO)[C@@H](O)[C@H](O)[C@H]2O[C@H]2CC(C)(C)[C@@H](O)[C@H](C)O2)Oc2ccc(cc2Cl)[C@H]1O.N#N. The normalized spacial score (nSPS) is 29.8. The van der Waals surface area contributed by atoms with Gasteiger partial charge in [0.05, 0.1) is 47.5 Å². The van der Waals surface area contributed by atoms with Crippen molar-refractivity contribution in [1.29, 1.82) is 10.8 Å². The number of nitrogens with zero attached hydrogens (tertiary/aromatic N) is 2. The van der Waals surface area contributed by atoms with Crippen LogP contribution >= 0.6 is 23.2 Å². The zero-order valence-corrected chi connectivity index (χ0v) is 64.1. The summed E-state index contributed by atoms with van der Waals surface area (Å²) in [5, 5.41) is 141. The second-order valence-electron chi connectivity index (χ2n) is 30.5. The summed E-state index contributed by atoms with van der Waals surface area (Å²) in [5.74, 6) is -16.2. The lowest BCUT2D eigenvalue weighted by Crippen LogP contribution is -2.62. The zero-order chi connectivity index (χ0) is 82.9. The highest BCUT2D eigenvalue weighted by Gasteiger charge is 2.52. The molecule has 610 valence electrons. The van der Waals surface area contributed by atoms with Gasteiger partial charge in [-0.05, 0) is 120 Å². The molecule has 0 unspecified atom stereocenters. The van der Waals surface area contributed by atoms with Gasteiger partial charge < -0.3 is 127 Å². The van der Waals surface area contributed by atoms with Crippen LogP contribution in [-0.2, 0) is 62.0 Å². The molecule has 3 saturated heterocycles. The van der Waals surface area contributed by atoms with Crippen molar-refractivity contribution in [3.63, 3.8) is 0 Å². The van der Waals surface area contributed by atoms with E-state index in [0.717, 1.165) is 48.5 Å². The molecular weight excluding hydrogens is 1530 g/mol. The Labute approximate surface area is 657 Å². The van der Waals surface area contributed by atoms with Crippen molar-refractivity contribution in [2.75, 3.05) is 6.61 Å². The van der Waals surface area contributed by atoms with Gasteiger partial charge in [-0.3, -0.25) is 33.6 Å². The molecule has 0 aliphatic carbocycles. The van der Waals surface area contributed by atoms with Crippen molar-refractivity contribution in [3.8, 4) is 57.1 Å². The maximum absolute atomic E-state index is 16.4. The molecule has 113 heavy (non-hydrogen) atoms. The summed E-state index contributed by atoms with van der Waals surface area (Å²) in [5.41, 5.74) is 1.36. The van der Waals surface area contributed by atoms with Crippen molar-refractivity contribution in [3.05, 3.63) is 117 Å². The third-order valence-corrected chi connectivity index (χ3v) is 21.4. The standard InChI is InChI=1S/C76H91Cl2N7O26.N2/c1-10-32(17-29(2)3)67(96)84-57-59(91)34-12-15-45(40(77)19-34)106-47-21-36-22-48(63(47)111-74-64(61(93)60(92)49(28-86)108-74)110-52-27-76(8,9)66(95)31(5)105-52)107-46-16-13-35(20-41(46)78)62(109-51-26-75(6,7)65(94)30(4)104-51)58-72(101)83-56(73(102)103)39-23-37(87)24-44(89)53(39)38-18-33(11-14-43(38)88)54(69(98)85-58)82-70(99)55(36)81-68(97)42(25-50(79)90)80-71(57)100;1-2/h11-16,18-24,29-32,42,49,51-52,54-62,64-66,74,86-89,91-95H,10,17,25-28H2,1-9H3,(H2,79,90)(H,80,100)(H,81,97)(H,82,99)(H,83,101)(H,84,96)(H,85,98)(H,102,103);/t30-,31-,32+,42-,49+,51-,52-,54+,55+,56-,57+,58-,59+,60+,61-,62+,64+,65-,66-,74-;/m0./s1. The molecule has 0 saturated carbocycles. The topological polar surface area (TPSA) is 558 Å². The Balaban J connectivity index is 0.00000671. The molecule has 20 atom stereocenters. The summed E-state index contributed by atoms with van der Waals surface area (Å²) in [7, 11) is 0. The second-order valence-corrected chi connectivity index (χ2v) is 31.3. The minimum absolute atomic E-state index is 0.0276. The van der Waals surface area contributed by atoms with E-state index < -0.39 is 250 Å². The monoisotopic (exact) mass is 1620 g/mol. The molecule has 8 heterocycles. The number of rotatable bonds is 15. The first-order valence-electron chi connectivity index (χ1n) is 36.3. The van der Waals surface area contributed by atoms with E-state index in [1.807, 2.05) is 13.8 Å². The number of phenols is 3. The smallest absolute Gasteiger partial charge is 0.330 e. The van der Waals surface area contributed by atoms with Gasteiger partial charge >= 0.3 is 5.97 Å². The third-order valence-electron chi connectivity index (χ3n) is 20.8. The van der Waals surface area contributed by atoms with E-state index in [0.29, 0.717) is 6.42 Å². The maximum atomic E-state index is 16.4. The maximum Gasteiger partial charge on any atom is 0.330 e. The predicted molar refractivity (Wildman–Crippen MR) is 392 cm³/mol. The number of hydrogen-bond donors (Lipinski definition) is 17. The number of ether oxygens (including phenoxy) is 8. The number of amides is 7. The van der Waals surface area contributed by atoms with Crippen LogP contribution in [-0.4, -0.2) is 191 Å². The fourth-order valence-corrected chi connectivity index (χ4v) is 15.3. The Bertz CT molecular complexity index is 4470. The van der Waals surface area contributed by atoms with Crippen LogP contribution in [0.1, 0.15) is 153 Å². The number of carbonyl (C=O) groups is 8. The number of primary amides is 1. The second kappa shape index (κ2) is 34.9. The van der Waals surface area contributed by atoms with Crippen LogP contribution in [0.25, 0.3) is 11.1 Å². The summed E-state index contributed by atoms with van der Waals surface area (Å²) in [6.07, 6.45) is -20.6. The number of aliphatic hydroxyl groups excluding tert-OH is 6. The zero-order valence-electron chi connectivity index (χ0n) is 62.6. The van der Waals surface area contributed by atoms with Gasteiger partial charge in [-0.2, -0.15) is 0 Å². The van der Waals surface area contributed by atoms with E-state index >= 15 is 24.0 Å². The van der Waals surface area contributed by atoms with Gasteiger partial charge in [0.2, 0.25) is 53.4 Å². The summed E-state index contributed by atoms with van der Waals surface area (Å²) >= 11 is 14.5. The first-order valence-corrected chi connectivity index (χ1v) is 37.0. The number of aromatic hydroxyl groups is 3. The Morgan fingerprint density at radius 2 is 1.21 bits per heavy atom. The first-order chi connectivity index (χ1) is 53.3. The Hall–Kier alpha value is -9.78. The van der Waals surface area contributed by atoms with Gasteiger partial charge in [-0.15, -0.1) is 0 Å². The lowest BCUT2D eigenvalue weighted by Gasteiger charge is -2.47. The molecule has 5 aromatic carbocycles. The molecule has 8 aliphatic heterocycles. The van der Waals surface area contributed by atoms with Crippen molar-refractivity contribution in [2.24, 2.45) is 28.4 Å². The number of carboxylic acid groups (broad SMARTS) is 1. The molecule has 11 bridgehead atoms. The van der Waals surface area contributed by atoms with Crippen LogP contribution in [0.15, 0.2) is 78.9 Å². The van der Waals surface area contributed by atoms with Crippen LogP contribution in [0, 0.1) is 33.5 Å². The van der Waals surface area contributed by atoms with Gasteiger partial charge in [0.1, 0.15) is 89.5 Å². The highest BCUT2D eigenvalue weighted by atomic mass is 35.5. The Morgan fingerprint density at radius 1 is 0.655 bits per heavy atom. The highest BCUT2D eigenvalue weighted by molar-refractivity contribution is 6.32. The molecule has 13 rings (SSSR count). The number of carbonyl (C=O) groups excluding carboxylic acids is 7. The van der Waals surface area contributed by atoms with Crippen molar-refractivity contribution in [2.45, 2.75) is 211 Å². The Morgan fingerprint density at radius 3 is 1.77 bits per heavy atom. The molecule has 37 heteroatoms. The lowest BCUT2D eigenvalue weighted by molar-refractivity contribution is -0.337. The van der Waals surface area contributed by atoms with Crippen LogP contribution in [0.5, 0.6) is 46.0 Å². The number of fused-ring (bicyclic) bond motifs is 15. The number of phenolic OH excluding ortho intramolecular Hbond substituents is 3. The van der Waals surface area contributed by atoms with Crippen LogP contribution in [0.4, 0.5) is 0 Å². The molecule has 18 N–H and O–H groups in total. The minimum atomic E-state index is -2.35. The number of nitrogens with one attached hydrogen (secondary N) is 6. The molecule has 3 fully saturated rings. The number of benzene rings is 5. The van der Waals surface area contributed by atoms with E-state index in [1.165, 1.54) is 30.3 Å². The minimum Gasteiger partial charge on any atom is -0.508 e. The van der Waals surface area contributed by atoms with Crippen molar-refractivity contribution >= 4 is 70.5 Å². The number of aliphatic hydroxyl groups is 6. The summed E-state index contributed by atoms with van der Waals surface area (Å²) < 4.78 is 52.2. The number of hydrogen-bond acceptors (Lipinski definition) is 27. The van der Waals surface area contributed by atoms with Gasteiger partial charge in [-0.25, -0.2) is 4.79 Å². The van der Waals surface area contributed by atoms with Crippen LogP contribution < -0.4 is 51.8 Å². The lowest BCUT2D eigenvalue weighted by atomic mass is 9.78. The number of nitrogens with two attached hydrogens (primary N) is 1. The van der Waals surface area contributed by atoms with Gasteiger partial charge in [0, 0.05) is 52.3 Å². The molecular formula is C76H91Cl2N9O26. The quantitative estimate of drug-likeness (QED) is 0.0645. The third kappa shape index (κ3) is 18.6. The fraction of sp³-hybridized carbons (Fsp3) is 0.500. The van der Waals surface area contributed by atoms with Crippen molar-refractivity contribution in [1.82, 2.24) is 31.9 Å². The molecule has 7 amide bonds. The van der Waals surface area contributed by atoms with Crippen LogP contribution in [0.2, 0.25) is 10.0 Å². The van der Waals surface area contributed by atoms with E-state index in [1.54, 1.807) is 48.5 Å². The average molecular weight is 1620 g/mol. The largest absolute Gasteiger partial charge is 0.508 e. The number of halogens is 2. The highest BCUT2D eigenvalue weighted by Crippen LogP contribution is 2.51. The summed E-state index contributed by atoms with van der Waals surface area (Å²) in [6, 6.07) is 1.17. The van der Waals surface area contributed by atoms with E-state index in [4.69, 9.17) is 77.6 Å². The van der Waals surface area contributed by atoms with E-state index in [-0.39, 0.29) is 63.4 Å². The van der Waals surface area contributed by atoms with Gasteiger partial charge in [-0.1, -0.05) is 89.9 Å². The van der Waals surface area contributed by atoms with Crippen LogP contribution in [0.3, 0.4) is 0 Å². The molecule has 0 aromatic heterocycles. The molecule has 35 nitrogen and oxygen atoms in total. The number of aliphatic carboxylic acids is 1. The average Bonchev–Trinajstić information content (AvgIpc) is 0.765.